The molecule has 0 aliphatic carbocycles. The van der Waals surface area contributed by atoms with Crippen LogP contribution in [0.15, 0.2) is 0 Å². The van der Waals surface area contributed by atoms with Crippen molar-refractivity contribution in [3.05, 3.63) is 0 Å². The summed E-state index contributed by atoms with van der Waals surface area (Å²) in [6.07, 6.45) is 10.1. The van der Waals surface area contributed by atoms with Crippen LogP contribution < -0.4 is 5.32 Å². The molecule has 1 fully saturated rings. The summed E-state index contributed by atoms with van der Waals surface area (Å²) in [4.78, 5) is 0. The van der Waals surface area contributed by atoms with Crippen LogP contribution in [0.1, 0.15) is 58.8 Å². The predicted molar refractivity (Wildman–Crippen MR) is 65.2 cm³/mol. The van der Waals surface area contributed by atoms with E-state index in [0.29, 0.717) is 12.2 Å². The number of nitrogens with one attached hydrogen (secondary N) is 1. The van der Waals surface area contributed by atoms with E-state index in [1.807, 2.05) is 0 Å². The standard InChI is InChI=1S/C13H27NO/c1-3-10-14-11-5-4-8-13-9-6-7-12(2)15-13/h12-14H,3-11H2,1-2H3. The number of unbranched alkanes of at least 4 members (excludes halogenated alkanes) is 1. The van der Waals surface area contributed by atoms with Crippen molar-refractivity contribution in [3.63, 3.8) is 0 Å². The Morgan fingerprint density at radius 3 is 2.80 bits per heavy atom. The second kappa shape index (κ2) is 8.12. The Balaban J connectivity index is 1.90. The van der Waals surface area contributed by atoms with E-state index in [-0.39, 0.29) is 0 Å². The first-order chi connectivity index (χ1) is 7.33. The summed E-state index contributed by atoms with van der Waals surface area (Å²) < 4.78 is 5.89. The normalized spacial score (nSPS) is 26.8. The molecule has 0 spiro atoms. The lowest BCUT2D eigenvalue weighted by molar-refractivity contribution is -0.0440. The molecule has 0 aromatic rings. The summed E-state index contributed by atoms with van der Waals surface area (Å²) in [7, 11) is 0. The van der Waals surface area contributed by atoms with E-state index < -0.39 is 0 Å². The summed E-state index contributed by atoms with van der Waals surface area (Å²) in [5.41, 5.74) is 0. The third-order valence-corrected chi connectivity index (χ3v) is 3.12. The van der Waals surface area contributed by atoms with Gasteiger partial charge in [0.15, 0.2) is 0 Å². The molecule has 1 rings (SSSR count). The van der Waals surface area contributed by atoms with E-state index in [0.717, 1.165) is 6.54 Å². The summed E-state index contributed by atoms with van der Waals surface area (Å²) in [5.74, 6) is 0. The van der Waals surface area contributed by atoms with E-state index in [1.165, 1.54) is 51.5 Å². The maximum atomic E-state index is 5.89. The highest BCUT2D eigenvalue weighted by Gasteiger charge is 2.18. The zero-order valence-corrected chi connectivity index (χ0v) is 10.4. The molecule has 2 heteroatoms. The van der Waals surface area contributed by atoms with Crippen LogP contribution in [0, 0.1) is 0 Å². The van der Waals surface area contributed by atoms with Crippen molar-refractivity contribution >= 4 is 0 Å². The van der Waals surface area contributed by atoms with E-state index in [4.69, 9.17) is 4.74 Å². The van der Waals surface area contributed by atoms with Gasteiger partial charge in [0.2, 0.25) is 0 Å². The fourth-order valence-corrected chi connectivity index (χ4v) is 2.23. The fourth-order valence-electron chi connectivity index (χ4n) is 2.23. The molecule has 0 bridgehead atoms. The van der Waals surface area contributed by atoms with Gasteiger partial charge in [-0.15, -0.1) is 0 Å². The van der Waals surface area contributed by atoms with Crippen molar-refractivity contribution in [2.24, 2.45) is 0 Å². The quantitative estimate of drug-likeness (QED) is 0.656. The second-order valence-electron chi connectivity index (χ2n) is 4.75. The van der Waals surface area contributed by atoms with Gasteiger partial charge in [-0.05, 0) is 65.0 Å². The number of rotatable bonds is 7. The monoisotopic (exact) mass is 213 g/mol. The van der Waals surface area contributed by atoms with E-state index in [2.05, 4.69) is 19.2 Å². The van der Waals surface area contributed by atoms with Crippen molar-refractivity contribution < 1.29 is 4.74 Å². The van der Waals surface area contributed by atoms with Crippen LogP contribution >= 0.6 is 0 Å². The zero-order chi connectivity index (χ0) is 10.9. The minimum atomic E-state index is 0.502. The first kappa shape index (κ1) is 13.0. The molecular formula is C13H27NO. The Kier molecular flexibility index (Phi) is 7.03. The lowest BCUT2D eigenvalue weighted by Crippen LogP contribution is -2.25. The predicted octanol–water partition coefficient (Wildman–Crippen LogP) is 3.11. The maximum absolute atomic E-state index is 5.89. The highest BCUT2D eigenvalue weighted by atomic mass is 16.5. The van der Waals surface area contributed by atoms with Crippen LogP contribution in [0.2, 0.25) is 0 Å². The molecule has 1 aliphatic rings. The van der Waals surface area contributed by atoms with Crippen molar-refractivity contribution in [1.82, 2.24) is 5.32 Å². The van der Waals surface area contributed by atoms with Gasteiger partial charge in [-0.2, -0.15) is 0 Å². The number of hydrogen-bond acceptors (Lipinski definition) is 2. The molecule has 0 aromatic heterocycles. The van der Waals surface area contributed by atoms with Gasteiger partial charge >= 0.3 is 0 Å². The molecule has 1 saturated heterocycles. The lowest BCUT2D eigenvalue weighted by atomic mass is 10.0. The molecule has 1 heterocycles. The third kappa shape index (κ3) is 6.16. The average Bonchev–Trinajstić information content (AvgIpc) is 2.23. The van der Waals surface area contributed by atoms with Crippen molar-refractivity contribution in [1.29, 1.82) is 0 Å². The molecule has 1 N–H and O–H groups in total. The Labute approximate surface area is 94.8 Å². The van der Waals surface area contributed by atoms with Gasteiger partial charge in [0.25, 0.3) is 0 Å². The van der Waals surface area contributed by atoms with Crippen LogP contribution in [0.4, 0.5) is 0 Å². The van der Waals surface area contributed by atoms with E-state index >= 15 is 0 Å². The van der Waals surface area contributed by atoms with Crippen LogP contribution in [0.3, 0.4) is 0 Å². The zero-order valence-electron chi connectivity index (χ0n) is 10.4. The molecule has 2 nitrogen and oxygen atoms in total. The topological polar surface area (TPSA) is 21.3 Å². The van der Waals surface area contributed by atoms with E-state index in [9.17, 15) is 0 Å². The fraction of sp³-hybridized carbons (Fsp3) is 1.00. The molecular weight excluding hydrogens is 186 g/mol. The minimum absolute atomic E-state index is 0.502. The number of hydrogen-bond donors (Lipinski definition) is 1. The summed E-state index contributed by atoms with van der Waals surface area (Å²) in [6.45, 7) is 6.76. The lowest BCUT2D eigenvalue weighted by Gasteiger charge is -2.27. The van der Waals surface area contributed by atoms with Crippen molar-refractivity contribution in [2.45, 2.75) is 71.0 Å². The first-order valence-electron chi connectivity index (χ1n) is 6.69. The second-order valence-corrected chi connectivity index (χ2v) is 4.75. The van der Waals surface area contributed by atoms with Gasteiger partial charge in [-0.3, -0.25) is 0 Å². The third-order valence-electron chi connectivity index (χ3n) is 3.12. The molecule has 2 unspecified atom stereocenters. The van der Waals surface area contributed by atoms with Crippen molar-refractivity contribution in [2.75, 3.05) is 13.1 Å². The van der Waals surface area contributed by atoms with E-state index in [1.54, 1.807) is 0 Å². The average molecular weight is 213 g/mol. The summed E-state index contributed by atoms with van der Waals surface area (Å²) in [5, 5.41) is 3.44. The molecule has 1 aliphatic heterocycles. The van der Waals surface area contributed by atoms with Crippen LogP contribution in [0.25, 0.3) is 0 Å². The molecule has 15 heavy (non-hydrogen) atoms. The Morgan fingerprint density at radius 2 is 2.07 bits per heavy atom. The summed E-state index contributed by atoms with van der Waals surface area (Å²) >= 11 is 0. The number of ether oxygens (including phenoxy) is 1. The molecule has 0 saturated carbocycles. The Hall–Kier alpha value is -0.0800. The SMILES string of the molecule is CCCNCCCCC1CCCC(C)O1. The van der Waals surface area contributed by atoms with Crippen molar-refractivity contribution in [3.8, 4) is 0 Å². The Morgan fingerprint density at radius 1 is 1.20 bits per heavy atom. The molecule has 2 atom stereocenters. The maximum Gasteiger partial charge on any atom is 0.0578 e. The molecule has 90 valence electrons. The highest BCUT2D eigenvalue weighted by Crippen LogP contribution is 2.21. The molecule has 0 aromatic carbocycles. The van der Waals surface area contributed by atoms with Crippen LogP contribution in [-0.2, 0) is 4.74 Å². The van der Waals surface area contributed by atoms with Crippen LogP contribution in [0.5, 0.6) is 0 Å². The minimum Gasteiger partial charge on any atom is -0.375 e. The first-order valence-corrected chi connectivity index (χ1v) is 6.69. The van der Waals surface area contributed by atoms with Gasteiger partial charge in [-0.1, -0.05) is 6.92 Å². The van der Waals surface area contributed by atoms with Gasteiger partial charge in [-0.25, -0.2) is 0 Å². The largest absolute Gasteiger partial charge is 0.375 e. The smallest absolute Gasteiger partial charge is 0.0578 e. The summed E-state index contributed by atoms with van der Waals surface area (Å²) in [6, 6.07) is 0. The van der Waals surface area contributed by atoms with Gasteiger partial charge in [0.1, 0.15) is 0 Å². The Bertz CT molecular complexity index is 149. The highest BCUT2D eigenvalue weighted by molar-refractivity contribution is 4.68. The van der Waals surface area contributed by atoms with Crippen LogP contribution in [-0.4, -0.2) is 25.3 Å². The molecule has 0 amide bonds. The molecule has 0 radical (unpaired) electrons. The van der Waals surface area contributed by atoms with Gasteiger partial charge in [0, 0.05) is 0 Å². The van der Waals surface area contributed by atoms with Gasteiger partial charge < -0.3 is 10.1 Å². The van der Waals surface area contributed by atoms with Gasteiger partial charge in [0.05, 0.1) is 12.2 Å².